The molecular formula is C7H11N3O2S. The van der Waals surface area contributed by atoms with Gasteiger partial charge in [-0.2, -0.15) is 0 Å². The summed E-state index contributed by atoms with van der Waals surface area (Å²) in [6.45, 7) is 0. The van der Waals surface area contributed by atoms with Crippen molar-refractivity contribution < 1.29 is 9.90 Å². The maximum atomic E-state index is 10.2. The number of nitrogens with zero attached hydrogens (tertiary/aromatic N) is 2. The lowest BCUT2D eigenvalue weighted by molar-refractivity contribution is -0.137. The fourth-order valence-electron chi connectivity index (χ4n) is 0.920. The van der Waals surface area contributed by atoms with E-state index >= 15 is 0 Å². The highest BCUT2D eigenvalue weighted by Crippen LogP contribution is 2.13. The number of rotatable bonds is 5. The summed E-state index contributed by atoms with van der Waals surface area (Å²) in [6, 6.07) is 0. The number of unbranched alkanes of at least 4 members (excludes halogenated alkanes) is 1. The van der Waals surface area contributed by atoms with Crippen LogP contribution < -0.4 is 5.73 Å². The number of carbonyl (C=O) groups is 1. The van der Waals surface area contributed by atoms with E-state index in [1.54, 1.807) is 0 Å². The highest BCUT2D eigenvalue weighted by molar-refractivity contribution is 7.15. The van der Waals surface area contributed by atoms with Crippen LogP contribution in [0.25, 0.3) is 0 Å². The molecule has 0 saturated heterocycles. The minimum atomic E-state index is -0.753. The van der Waals surface area contributed by atoms with Crippen molar-refractivity contribution in [1.29, 1.82) is 0 Å². The Morgan fingerprint density at radius 3 is 2.77 bits per heavy atom. The van der Waals surface area contributed by atoms with Crippen molar-refractivity contribution in [2.24, 2.45) is 0 Å². The van der Waals surface area contributed by atoms with E-state index in [1.807, 2.05) is 0 Å². The van der Waals surface area contributed by atoms with Crippen LogP contribution in [-0.4, -0.2) is 21.3 Å². The van der Waals surface area contributed by atoms with Gasteiger partial charge in [0.1, 0.15) is 5.01 Å². The number of anilines is 1. The molecule has 0 aliphatic rings. The number of aryl methyl sites for hydroxylation is 1. The highest BCUT2D eigenvalue weighted by atomic mass is 32.1. The zero-order valence-electron chi connectivity index (χ0n) is 7.06. The van der Waals surface area contributed by atoms with Gasteiger partial charge in [0.05, 0.1) is 0 Å². The first-order chi connectivity index (χ1) is 6.18. The van der Waals surface area contributed by atoms with E-state index in [4.69, 9.17) is 10.8 Å². The van der Waals surface area contributed by atoms with Gasteiger partial charge in [-0.05, 0) is 12.8 Å². The van der Waals surface area contributed by atoms with E-state index in [1.165, 1.54) is 11.3 Å². The summed E-state index contributed by atoms with van der Waals surface area (Å²) in [6.07, 6.45) is 2.48. The molecular weight excluding hydrogens is 190 g/mol. The number of carboxylic acid groups (broad SMARTS) is 1. The number of nitrogen functional groups attached to an aromatic ring is 1. The summed E-state index contributed by atoms with van der Waals surface area (Å²) in [5, 5.41) is 17.2. The Hall–Kier alpha value is -1.17. The molecule has 0 fully saturated rings. The normalized spacial score (nSPS) is 10.2. The second-order valence-electron chi connectivity index (χ2n) is 2.63. The molecule has 0 bridgehead atoms. The molecule has 0 unspecified atom stereocenters. The summed E-state index contributed by atoms with van der Waals surface area (Å²) in [5.74, 6) is -0.753. The number of aromatic nitrogens is 2. The summed E-state index contributed by atoms with van der Waals surface area (Å²) < 4.78 is 0. The van der Waals surface area contributed by atoms with Crippen LogP contribution in [0.4, 0.5) is 5.13 Å². The predicted octanol–water partition coefficient (Wildman–Crippen LogP) is 0.918. The Morgan fingerprint density at radius 1 is 1.46 bits per heavy atom. The Balaban J connectivity index is 2.16. The van der Waals surface area contributed by atoms with Crippen LogP contribution >= 0.6 is 11.3 Å². The third-order valence-electron chi connectivity index (χ3n) is 1.51. The van der Waals surface area contributed by atoms with Gasteiger partial charge in [0.25, 0.3) is 0 Å². The van der Waals surface area contributed by atoms with Crippen molar-refractivity contribution in [3.8, 4) is 0 Å². The Kier molecular flexibility index (Phi) is 3.63. The van der Waals surface area contributed by atoms with Crippen LogP contribution in [0, 0.1) is 0 Å². The van der Waals surface area contributed by atoms with Crippen molar-refractivity contribution >= 4 is 22.4 Å². The maximum absolute atomic E-state index is 10.2. The molecule has 0 saturated carbocycles. The Morgan fingerprint density at radius 2 is 2.23 bits per heavy atom. The molecule has 5 nitrogen and oxygen atoms in total. The summed E-state index contributed by atoms with van der Waals surface area (Å²) >= 11 is 1.35. The second-order valence-corrected chi connectivity index (χ2v) is 3.73. The van der Waals surface area contributed by atoms with Crippen molar-refractivity contribution in [2.45, 2.75) is 25.7 Å². The topological polar surface area (TPSA) is 89.1 Å². The molecule has 0 aliphatic heterocycles. The minimum Gasteiger partial charge on any atom is -0.481 e. The van der Waals surface area contributed by atoms with Crippen molar-refractivity contribution in [2.75, 3.05) is 5.73 Å². The van der Waals surface area contributed by atoms with Gasteiger partial charge in [-0.15, -0.1) is 10.2 Å². The van der Waals surface area contributed by atoms with E-state index in [9.17, 15) is 4.79 Å². The number of carboxylic acids is 1. The first-order valence-electron chi connectivity index (χ1n) is 3.98. The molecule has 1 aromatic rings. The average molecular weight is 201 g/mol. The zero-order chi connectivity index (χ0) is 9.68. The van der Waals surface area contributed by atoms with Gasteiger partial charge in [-0.3, -0.25) is 4.79 Å². The quantitative estimate of drug-likeness (QED) is 0.691. The first kappa shape index (κ1) is 9.91. The number of aliphatic carboxylic acids is 1. The van der Waals surface area contributed by atoms with E-state index in [2.05, 4.69) is 10.2 Å². The van der Waals surface area contributed by atoms with Crippen LogP contribution in [0.1, 0.15) is 24.3 Å². The van der Waals surface area contributed by atoms with Crippen molar-refractivity contribution in [3.63, 3.8) is 0 Å². The molecule has 13 heavy (non-hydrogen) atoms. The Labute approximate surface area is 79.6 Å². The van der Waals surface area contributed by atoms with Crippen LogP contribution in [0.5, 0.6) is 0 Å². The van der Waals surface area contributed by atoms with Gasteiger partial charge >= 0.3 is 5.97 Å². The number of nitrogens with two attached hydrogens (primary N) is 1. The molecule has 6 heteroatoms. The fraction of sp³-hybridized carbons (Fsp3) is 0.571. The summed E-state index contributed by atoms with van der Waals surface area (Å²) in [5.41, 5.74) is 5.38. The maximum Gasteiger partial charge on any atom is 0.303 e. The molecule has 1 rings (SSSR count). The SMILES string of the molecule is Nc1nnc(CCCCC(=O)O)s1. The lowest BCUT2D eigenvalue weighted by Crippen LogP contribution is -1.94. The molecule has 1 aromatic heterocycles. The van der Waals surface area contributed by atoms with E-state index < -0.39 is 5.97 Å². The standard InChI is InChI=1S/C7H11N3O2S/c8-7-10-9-5(13-7)3-1-2-4-6(11)12/h1-4H2,(H2,8,10)(H,11,12). The molecule has 0 spiro atoms. The van der Waals surface area contributed by atoms with Crippen LogP contribution in [-0.2, 0) is 11.2 Å². The second kappa shape index (κ2) is 4.76. The first-order valence-corrected chi connectivity index (χ1v) is 4.80. The predicted molar refractivity (Wildman–Crippen MR) is 49.5 cm³/mol. The molecule has 0 atom stereocenters. The van der Waals surface area contributed by atoms with E-state index in [0.717, 1.165) is 17.8 Å². The largest absolute Gasteiger partial charge is 0.481 e. The van der Waals surface area contributed by atoms with Crippen LogP contribution in [0.3, 0.4) is 0 Å². The summed E-state index contributed by atoms with van der Waals surface area (Å²) in [7, 11) is 0. The molecule has 72 valence electrons. The number of hydrogen-bond acceptors (Lipinski definition) is 5. The third-order valence-corrected chi connectivity index (χ3v) is 2.33. The monoisotopic (exact) mass is 201 g/mol. The van der Waals surface area contributed by atoms with E-state index in [-0.39, 0.29) is 6.42 Å². The molecule has 1 heterocycles. The lowest BCUT2D eigenvalue weighted by atomic mass is 10.2. The molecule has 3 N–H and O–H groups in total. The van der Waals surface area contributed by atoms with Crippen LogP contribution in [0.15, 0.2) is 0 Å². The van der Waals surface area contributed by atoms with Crippen molar-refractivity contribution in [1.82, 2.24) is 10.2 Å². The van der Waals surface area contributed by atoms with E-state index in [0.29, 0.717) is 11.6 Å². The summed E-state index contributed by atoms with van der Waals surface area (Å²) in [4.78, 5) is 10.2. The molecule has 0 aromatic carbocycles. The van der Waals surface area contributed by atoms with Gasteiger partial charge in [-0.1, -0.05) is 11.3 Å². The third kappa shape index (κ3) is 3.84. The van der Waals surface area contributed by atoms with Gasteiger partial charge in [0.15, 0.2) is 0 Å². The average Bonchev–Trinajstić information content (AvgIpc) is 2.45. The van der Waals surface area contributed by atoms with Gasteiger partial charge in [0, 0.05) is 12.8 Å². The molecule has 0 radical (unpaired) electrons. The van der Waals surface area contributed by atoms with Gasteiger partial charge in [-0.25, -0.2) is 0 Å². The Bertz CT molecular complexity index is 287. The zero-order valence-corrected chi connectivity index (χ0v) is 7.88. The minimum absolute atomic E-state index is 0.217. The molecule has 0 aliphatic carbocycles. The van der Waals surface area contributed by atoms with Gasteiger partial charge in [0.2, 0.25) is 5.13 Å². The number of hydrogen-bond donors (Lipinski definition) is 2. The van der Waals surface area contributed by atoms with Crippen LogP contribution in [0.2, 0.25) is 0 Å². The molecule has 0 amide bonds. The smallest absolute Gasteiger partial charge is 0.303 e. The van der Waals surface area contributed by atoms with Crippen molar-refractivity contribution in [3.05, 3.63) is 5.01 Å². The van der Waals surface area contributed by atoms with Gasteiger partial charge < -0.3 is 10.8 Å². The lowest BCUT2D eigenvalue weighted by Gasteiger charge is -1.93. The highest BCUT2D eigenvalue weighted by Gasteiger charge is 2.01. The fourth-order valence-corrected chi connectivity index (χ4v) is 1.57.